The molecule has 0 aromatic rings. The average Bonchev–Trinajstić information content (AvgIpc) is 1.99. The van der Waals surface area contributed by atoms with E-state index in [1.54, 1.807) is 13.8 Å². The first kappa shape index (κ1) is 9.81. The van der Waals surface area contributed by atoms with Crippen LogP contribution < -0.4 is 0 Å². The third-order valence-electron chi connectivity index (χ3n) is 1.12. The van der Waals surface area contributed by atoms with Crippen molar-refractivity contribution in [2.45, 2.75) is 27.2 Å². The number of carbonyl (C=O) groups excluding carboxylic acids is 1. The van der Waals surface area contributed by atoms with Crippen molar-refractivity contribution in [1.29, 1.82) is 5.41 Å². The molecule has 0 heterocycles. The Labute approximate surface area is 65.7 Å². The molecule has 0 aromatic carbocycles. The SMILES string of the molecule is CCC(=N)O/N=C(\C)C(C)=O. The van der Waals surface area contributed by atoms with Crippen molar-refractivity contribution >= 4 is 17.4 Å². The standard InChI is InChI=1S/C7H12N2O2/c1-4-7(8)11-9-5(2)6(3)10/h8H,4H2,1-3H3/b8-7?,9-5+. The van der Waals surface area contributed by atoms with Crippen LogP contribution >= 0.6 is 0 Å². The van der Waals surface area contributed by atoms with E-state index in [-0.39, 0.29) is 17.4 Å². The third-order valence-corrected chi connectivity index (χ3v) is 1.12. The van der Waals surface area contributed by atoms with Gasteiger partial charge in [-0.1, -0.05) is 12.1 Å². The molecule has 4 nitrogen and oxygen atoms in total. The van der Waals surface area contributed by atoms with Crippen LogP contribution in [0.2, 0.25) is 0 Å². The maximum atomic E-state index is 10.6. The molecule has 4 heteroatoms. The minimum absolute atomic E-state index is 0.0607. The molecule has 0 aromatic heterocycles. The molecule has 0 unspecified atom stereocenters. The summed E-state index contributed by atoms with van der Waals surface area (Å²) in [6.07, 6.45) is 0.481. The number of ketones is 1. The number of hydrogen-bond donors (Lipinski definition) is 1. The second kappa shape index (κ2) is 4.60. The highest BCUT2D eigenvalue weighted by Gasteiger charge is 1.98. The zero-order valence-corrected chi connectivity index (χ0v) is 6.97. The zero-order valence-electron chi connectivity index (χ0n) is 6.97. The molecule has 0 rings (SSSR count). The maximum Gasteiger partial charge on any atom is 0.217 e. The van der Waals surface area contributed by atoms with Crippen LogP contribution in [0.5, 0.6) is 0 Å². The van der Waals surface area contributed by atoms with Gasteiger partial charge in [0, 0.05) is 13.3 Å². The number of rotatable bonds is 3. The van der Waals surface area contributed by atoms with E-state index >= 15 is 0 Å². The molecule has 0 saturated heterocycles. The topological polar surface area (TPSA) is 62.5 Å². The molecule has 0 fully saturated rings. The molecule has 0 aliphatic carbocycles. The Balaban J connectivity index is 3.92. The third kappa shape index (κ3) is 4.25. The van der Waals surface area contributed by atoms with Crippen LogP contribution in [0.15, 0.2) is 5.16 Å². The first-order chi connectivity index (χ1) is 5.07. The highest BCUT2D eigenvalue weighted by molar-refractivity contribution is 6.37. The smallest absolute Gasteiger partial charge is 0.217 e. The molecule has 0 aliphatic heterocycles. The molecule has 0 spiro atoms. The summed E-state index contributed by atoms with van der Waals surface area (Å²) in [5, 5.41) is 10.5. The Bertz CT molecular complexity index is 197. The van der Waals surface area contributed by atoms with Crippen molar-refractivity contribution in [1.82, 2.24) is 0 Å². The monoisotopic (exact) mass is 156 g/mol. The number of hydrogen-bond acceptors (Lipinski definition) is 4. The molecular weight excluding hydrogens is 144 g/mol. The van der Waals surface area contributed by atoms with E-state index in [1.807, 2.05) is 0 Å². The van der Waals surface area contributed by atoms with Crippen LogP contribution in [0.4, 0.5) is 0 Å². The van der Waals surface area contributed by atoms with Gasteiger partial charge in [0.05, 0.1) is 0 Å². The number of carbonyl (C=O) groups is 1. The Hall–Kier alpha value is -1.19. The van der Waals surface area contributed by atoms with E-state index in [1.165, 1.54) is 6.92 Å². The van der Waals surface area contributed by atoms with Crippen LogP contribution in [0.3, 0.4) is 0 Å². The predicted molar refractivity (Wildman–Crippen MR) is 42.9 cm³/mol. The lowest BCUT2D eigenvalue weighted by Crippen LogP contribution is -2.07. The normalized spacial score (nSPS) is 11.0. The van der Waals surface area contributed by atoms with E-state index < -0.39 is 0 Å². The van der Waals surface area contributed by atoms with E-state index in [0.717, 1.165) is 0 Å². The summed E-state index contributed by atoms with van der Waals surface area (Å²) in [6.45, 7) is 4.73. The summed E-state index contributed by atoms with van der Waals surface area (Å²) in [7, 11) is 0. The number of oxime groups is 1. The lowest BCUT2D eigenvalue weighted by atomic mass is 10.3. The van der Waals surface area contributed by atoms with Crippen molar-refractivity contribution in [3.63, 3.8) is 0 Å². The van der Waals surface area contributed by atoms with Gasteiger partial charge in [-0.05, 0) is 6.92 Å². The Kier molecular flexibility index (Phi) is 4.10. The molecule has 1 N–H and O–H groups in total. The zero-order chi connectivity index (χ0) is 8.85. The molecule has 0 saturated carbocycles. The Morgan fingerprint density at radius 1 is 1.55 bits per heavy atom. The summed E-state index contributed by atoms with van der Waals surface area (Å²) in [6, 6.07) is 0. The Morgan fingerprint density at radius 3 is 2.45 bits per heavy atom. The van der Waals surface area contributed by atoms with Crippen molar-refractivity contribution in [2.75, 3.05) is 0 Å². The second-order valence-electron chi connectivity index (χ2n) is 2.10. The minimum Gasteiger partial charge on any atom is -0.342 e. The van der Waals surface area contributed by atoms with Crippen molar-refractivity contribution in [3.8, 4) is 0 Å². The van der Waals surface area contributed by atoms with Gasteiger partial charge in [-0.3, -0.25) is 10.2 Å². The van der Waals surface area contributed by atoms with Crippen molar-refractivity contribution in [3.05, 3.63) is 0 Å². The van der Waals surface area contributed by atoms with Gasteiger partial charge >= 0.3 is 0 Å². The number of nitrogens with zero attached hydrogens (tertiary/aromatic N) is 1. The van der Waals surface area contributed by atoms with Crippen molar-refractivity contribution in [2.24, 2.45) is 5.16 Å². The molecule has 11 heavy (non-hydrogen) atoms. The first-order valence-electron chi connectivity index (χ1n) is 3.38. The number of nitrogens with one attached hydrogen (secondary N) is 1. The lowest BCUT2D eigenvalue weighted by molar-refractivity contribution is -0.111. The van der Waals surface area contributed by atoms with E-state index in [0.29, 0.717) is 6.42 Å². The van der Waals surface area contributed by atoms with Gasteiger partial charge in [0.2, 0.25) is 5.90 Å². The predicted octanol–water partition coefficient (Wildman–Crippen LogP) is 1.36. The summed E-state index contributed by atoms with van der Waals surface area (Å²) in [5.74, 6) is -0.0838. The highest BCUT2D eigenvalue weighted by atomic mass is 16.6. The molecule has 0 amide bonds. The Morgan fingerprint density at radius 2 is 2.09 bits per heavy atom. The van der Waals surface area contributed by atoms with Gasteiger partial charge in [-0.15, -0.1) is 0 Å². The molecular formula is C7H12N2O2. The molecule has 0 atom stereocenters. The second-order valence-corrected chi connectivity index (χ2v) is 2.10. The molecule has 0 radical (unpaired) electrons. The van der Waals surface area contributed by atoms with E-state index in [4.69, 9.17) is 5.41 Å². The quantitative estimate of drug-likeness (QED) is 0.381. The summed E-state index contributed by atoms with van der Waals surface area (Å²) in [4.78, 5) is 15.1. The molecule has 0 aliphatic rings. The van der Waals surface area contributed by atoms with Crippen LogP contribution in [-0.2, 0) is 9.63 Å². The van der Waals surface area contributed by atoms with Gasteiger partial charge in [-0.2, -0.15) is 0 Å². The fraction of sp³-hybridized carbons (Fsp3) is 0.571. The minimum atomic E-state index is -0.145. The maximum absolute atomic E-state index is 10.6. The largest absolute Gasteiger partial charge is 0.342 e. The fourth-order valence-electron chi connectivity index (χ4n) is 0.252. The van der Waals surface area contributed by atoms with Crippen LogP contribution in [-0.4, -0.2) is 17.4 Å². The van der Waals surface area contributed by atoms with Gasteiger partial charge < -0.3 is 4.84 Å². The molecule has 62 valence electrons. The van der Waals surface area contributed by atoms with E-state index in [9.17, 15) is 4.79 Å². The summed E-state index contributed by atoms with van der Waals surface area (Å²) in [5.41, 5.74) is 0.281. The summed E-state index contributed by atoms with van der Waals surface area (Å²) < 4.78 is 0. The van der Waals surface area contributed by atoms with Gasteiger partial charge in [0.1, 0.15) is 5.71 Å². The highest BCUT2D eigenvalue weighted by Crippen LogP contribution is 1.88. The number of Topliss-reactive ketones (excluding diaryl/α,β-unsaturated/α-hetero) is 1. The van der Waals surface area contributed by atoms with Gasteiger partial charge in [-0.25, -0.2) is 0 Å². The summed E-state index contributed by atoms with van der Waals surface area (Å²) >= 11 is 0. The fourth-order valence-corrected chi connectivity index (χ4v) is 0.252. The van der Waals surface area contributed by atoms with Crippen LogP contribution in [0.1, 0.15) is 27.2 Å². The van der Waals surface area contributed by atoms with Gasteiger partial charge in [0.15, 0.2) is 5.78 Å². The van der Waals surface area contributed by atoms with Crippen molar-refractivity contribution < 1.29 is 9.63 Å². The average molecular weight is 156 g/mol. The molecule has 0 bridgehead atoms. The lowest BCUT2D eigenvalue weighted by Gasteiger charge is -1.96. The van der Waals surface area contributed by atoms with Crippen LogP contribution in [0, 0.1) is 5.41 Å². The van der Waals surface area contributed by atoms with Gasteiger partial charge in [0.25, 0.3) is 0 Å². The van der Waals surface area contributed by atoms with E-state index in [2.05, 4.69) is 9.99 Å². The first-order valence-corrected chi connectivity index (χ1v) is 3.38. The van der Waals surface area contributed by atoms with Crippen LogP contribution in [0.25, 0.3) is 0 Å².